The molecule has 3 rings (SSSR count). The first-order chi connectivity index (χ1) is 9.25. The van der Waals surface area contributed by atoms with Crippen LogP contribution < -0.4 is 0 Å². The molecule has 1 aromatic heterocycles. The maximum absolute atomic E-state index is 12.6. The largest absolute Gasteiger partial charge is 0.334 e. The fourth-order valence-electron chi connectivity index (χ4n) is 3.55. The number of carbonyl (C=O) groups excluding carboxylic acids is 1. The van der Waals surface area contributed by atoms with Crippen LogP contribution in [-0.4, -0.2) is 28.4 Å². The highest BCUT2D eigenvalue weighted by molar-refractivity contribution is 6.29. The van der Waals surface area contributed by atoms with E-state index < -0.39 is 0 Å². The molecule has 1 saturated heterocycles. The Labute approximate surface area is 119 Å². The number of amides is 1. The Kier molecular flexibility index (Phi) is 3.74. The second-order valence-electron chi connectivity index (χ2n) is 5.60. The van der Waals surface area contributed by atoms with E-state index in [-0.39, 0.29) is 5.91 Å². The Bertz CT molecular complexity index is 475. The van der Waals surface area contributed by atoms with Gasteiger partial charge < -0.3 is 4.90 Å². The smallest absolute Gasteiger partial charge is 0.272 e. The van der Waals surface area contributed by atoms with Crippen molar-refractivity contribution >= 4 is 17.5 Å². The van der Waals surface area contributed by atoms with Crippen molar-refractivity contribution in [2.45, 2.75) is 44.6 Å². The zero-order valence-electron chi connectivity index (χ0n) is 11.0. The van der Waals surface area contributed by atoms with Gasteiger partial charge in [-0.2, -0.15) is 0 Å². The molecule has 2 atom stereocenters. The lowest BCUT2D eigenvalue weighted by Crippen LogP contribution is -2.49. The lowest BCUT2D eigenvalue weighted by atomic mass is 9.78. The van der Waals surface area contributed by atoms with Gasteiger partial charge in [-0.3, -0.25) is 4.79 Å². The second-order valence-corrected chi connectivity index (χ2v) is 5.99. The molecule has 1 aliphatic carbocycles. The maximum Gasteiger partial charge on any atom is 0.272 e. The summed E-state index contributed by atoms with van der Waals surface area (Å²) in [5.41, 5.74) is 0.485. The van der Waals surface area contributed by atoms with Crippen molar-refractivity contribution < 1.29 is 4.79 Å². The van der Waals surface area contributed by atoms with Gasteiger partial charge in [0.15, 0.2) is 0 Å². The molecule has 0 N–H and O–H groups in total. The first kappa shape index (κ1) is 12.9. The monoisotopic (exact) mass is 278 g/mol. The molecule has 102 valence electrons. The summed E-state index contributed by atoms with van der Waals surface area (Å²) >= 11 is 5.88. The summed E-state index contributed by atoms with van der Waals surface area (Å²) in [6, 6.07) is 5.69. The van der Waals surface area contributed by atoms with Crippen molar-refractivity contribution in [1.82, 2.24) is 9.88 Å². The van der Waals surface area contributed by atoms with E-state index in [2.05, 4.69) is 4.98 Å². The van der Waals surface area contributed by atoms with E-state index in [1.165, 1.54) is 25.7 Å². The van der Waals surface area contributed by atoms with E-state index in [1.807, 2.05) is 4.90 Å². The van der Waals surface area contributed by atoms with Gasteiger partial charge in [0.25, 0.3) is 5.91 Å². The van der Waals surface area contributed by atoms with Gasteiger partial charge in [0, 0.05) is 12.6 Å². The molecule has 0 spiro atoms. The number of halogens is 1. The minimum Gasteiger partial charge on any atom is -0.334 e. The molecule has 2 heterocycles. The standard InChI is InChI=1S/C15H19ClN2O/c16-14-9-3-7-12(17-14)15(19)18-10-4-6-11-5-1-2-8-13(11)18/h3,7,9,11,13H,1-2,4-6,8,10H2/t11-,13-/m1/s1. The molecular formula is C15H19ClN2O. The van der Waals surface area contributed by atoms with Crippen molar-refractivity contribution in [3.8, 4) is 0 Å². The summed E-state index contributed by atoms with van der Waals surface area (Å²) < 4.78 is 0. The van der Waals surface area contributed by atoms with Crippen molar-refractivity contribution in [2.75, 3.05) is 6.54 Å². The summed E-state index contributed by atoms with van der Waals surface area (Å²) in [6.45, 7) is 0.869. The third kappa shape index (κ3) is 2.62. The van der Waals surface area contributed by atoms with Crippen LogP contribution in [0.4, 0.5) is 0 Å². The SMILES string of the molecule is O=C(c1cccc(Cl)n1)N1CCC[C@H]2CCCC[C@H]21. The van der Waals surface area contributed by atoms with Gasteiger partial charge in [-0.1, -0.05) is 30.5 Å². The van der Waals surface area contributed by atoms with Crippen LogP contribution in [0, 0.1) is 5.92 Å². The first-order valence-electron chi connectivity index (χ1n) is 7.19. The summed E-state index contributed by atoms with van der Waals surface area (Å²) in [7, 11) is 0. The van der Waals surface area contributed by atoms with Gasteiger partial charge in [-0.15, -0.1) is 0 Å². The normalized spacial score (nSPS) is 26.9. The van der Waals surface area contributed by atoms with Crippen LogP contribution in [0.5, 0.6) is 0 Å². The first-order valence-corrected chi connectivity index (χ1v) is 7.57. The Morgan fingerprint density at radius 3 is 2.84 bits per heavy atom. The predicted molar refractivity (Wildman–Crippen MR) is 75.3 cm³/mol. The summed E-state index contributed by atoms with van der Waals surface area (Å²) in [6.07, 6.45) is 7.38. The molecule has 1 saturated carbocycles. The van der Waals surface area contributed by atoms with E-state index in [9.17, 15) is 4.79 Å². The third-order valence-electron chi connectivity index (χ3n) is 4.44. The zero-order valence-corrected chi connectivity index (χ0v) is 11.8. The lowest BCUT2D eigenvalue weighted by Gasteiger charge is -2.44. The van der Waals surface area contributed by atoms with E-state index in [0.717, 1.165) is 19.4 Å². The van der Waals surface area contributed by atoms with Crippen molar-refractivity contribution in [2.24, 2.45) is 5.92 Å². The highest BCUT2D eigenvalue weighted by Gasteiger charge is 2.36. The minimum atomic E-state index is 0.0547. The number of rotatable bonds is 1. The van der Waals surface area contributed by atoms with Gasteiger partial charge in [-0.25, -0.2) is 4.98 Å². The lowest BCUT2D eigenvalue weighted by molar-refractivity contribution is 0.0385. The number of hydrogen-bond donors (Lipinski definition) is 0. The molecule has 0 bridgehead atoms. The summed E-state index contributed by atoms with van der Waals surface area (Å²) in [5, 5.41) is 0.392. The molecule has 0 aromatic carbocycles. The minimum absolute atomic E-state index is 0.0547. The molecule has 1 aromatic rings. The summed E-state index contributed by atoms with van der Waals surface area (Å²) in [5.74, 6) is 0.754. The van der Waals surface area contributed by atoms with E-state index in [0.29, 0.717) is 22.8 Å². The van der Waals surface area contributed by atoms with Crippen LogP contribution in [-0.2, 0) is 0 Å². The van der Waals surface area contributed by atoms with Crippen LogP contribution in [0.15, 0.2) is 18.2 Å². The van der Waals surface area contributed by atoms with Crippen LogP contribution in [0.2, 0.25) is 5.15 Å². The van der Waals surface area contributed by atoms with E-state index >= 15 is 0 Å². The van der Waals surface area contributed by atoms with Crippen molar-refractivity contribution in [3.63, 3.8) is 0 Å². The average Bonchev–Trinajstić information content (AvgIpc) is 2.46. The number of piperidine rings is 1. The number of likely N-dealkylation sites (tertiary alicyclic amines) is 1. The number of pyridine rings is 1. The van der Waals surface area contributed by atoms with Crippen LogP contribution in [0.1, 0.15) is 49.0 Å². The average molecular weight is 279 g/mol. The van der Waals surface area contributed by atoms with Gasteiger partial charge in [-0.05, 0) is 43.7 Å². The summed E-state index contributed by atoms with van der Waals surface area (Å²) in [4.78, 5) is 18.8. The van der Waals surface area contributed by atoms with Gasteiger partial charge in [0.2, 0.25) is 0 Å². The molecule has 4 heteroatoms. The molecule has 19 heavy (non-hydrogen) atoms. The maximum atomic E-state index is 12.6. The highest BCUT2D eigenvalue weighted by Crippen LogP contribution is 2.35. The number of nitrogens with zero attached hydrogens (tertiary/aromatic N) is 2. The number of fused-ring (bicyclic) bond motifs is 1. The highest BCUT2D eigenvalue weighted by atomic mass is 35.5. The Morgan fingerprint density at radius 1 is 1.21 bits per heavy atom. The number of aromatic nitrogens is 1. The van der Waals surface area contributed by atoms with E-state index in [1.54, 1.807) is 18.2 Å². The third-order valence-corrected chi connectivity index (χ3v) is 4.65. The predicted octanol–water partition coefficient (Wildman–Crippen LogP) is 3.53. The molecule has 1 amide bonds. The fraction of sp³-hybridized carbons (Fsp3) is 0.600. The molecule has 2 aliphatic rings. The Balaban J connectivity index is 1.82. The molecule has 1 aliphatic heterocycles. The fourth-order valence-corrected chi connectivity index (χ4v) is 3.72. The van der Waals surface area contributed by atoms with E-state index in [4.69, 9.17) is 11.6 Å². The Hall–Kier alpha value is -1.09. The number of carbonyl (C=O) groups is 1. The van der Waals surface area contributed by atoms with Gasteiger partial charge in [0.1, 0.15) is 10.8 Å². The second kappa shape index (κ2) is 5.49. The molecule has 0 unspecified atom stereocenters. The van der Waals surface area contributed by atoms with Crippen molar-refractivity contribution in [3.05, 3.63) is 29.0 Å². The Morgan fingerprint density at radius 2 is 2.00 bits per heavy atom. The van der Waals surface area contributed by atoms with Crippen LogP contribution in [0.25, 0.3) is 0 Å². The van der Waals surface area contributed by atoms with Crippen LogP contribution >= 0.6 is 11.6 Å². The van der Waals surface area contributed by atoms with Gasteiger partial charge in [0.05, 0.1) is 0 Å². The quantitative estimate of drug-likeness (QED) is 0.736. The molecular weight excluding hydrogens is 260 g/mol. The van der Waals surface area contributed by atoms with Crippen molar-refractivity contribution in [1.29, 1.82) is 0 Å². The van der Waals surface area contributed by atoms with Crippen LogP contribution in [0.3, 0.4) is 0 Å². The molecule has 3 nitrogen and oxygen atoms in total. The zero-order chi connectivity index (χ0) is 13.2. The molecule has 0 radical (unpaired) electrons. The van der Waals surface area contributed by atoms with Gasteiger partial charge >= 0.3 is 0 Å². The molecule has 2 fully saturated rings. The number of hydrogen-bond acceptors (Lipinski definition) is 2. The topological polar surface area (TPSA) is 33.2 Å².